The normalized spacial score (nSPS) is 40.9. The van der Waals surface area contributed by atoms with Crippen molar-refractivity contribution >= 4 is 11.8 Å². The van der Waals surface area contributed by atoms with Crippen molar-refractivity contribution in [2.45, 2.75) is 129 Å². The number of cyclic esters (lactones) is 1. The Morgan fingerprint density at radius 2 is 1.70 bits per heavy atom. The fraction of sp³-hybridized carbons (Fsp3) is 0.833. The van der Waals surface area contributed by atoms with Crippen LogP contribution in [0.25, 0.3) is 0 Å². The van der Waals surface area contributed by atoms with E-state index in [0.29, 0.717) is 19.3 Å². The summed E-state index contributed by atoms with van der Waals surface area (Å²) in [7, 11) is 3.56. The van der Waals surface area contributed by atoms with Crippen molar-refractivity contribution < 1.29 is 44.2 Å². The second kappa shape index (κ2) is 18.9. The van der Waals surface area contributed by atoms with Crippen LogP contribution in [0, 0.1) is 23.7 Å². The number of likely N-dealkylation sites (N-methyl/N-ethyl adjacent to an activating group) is 1. The number of esters is 1. The number of nitrogens with zero attached hydrogens (tertiary/aromatic N) is 2. The van der Waals surface area contributed by atoms with E-state index in [1.165, 1.54) is 6.42 Å². The number of ketones is 1. The molecule has 0 radical (unpaired) electrons. The zero-order valence-corrected chi connectivity index (χ0v) is 29.7. The minimum Gasteiger partial charge on any atom is -0.462 e. The smallest absolute Gasteiger partial charge is 0.308 e. The average molecular weight is 667 g/mol. The van der Waals surface area contributed by atoms with Gasteiger partial charge in [-0.25, -0.2) is 0 Å². The van der Waals surface area contributed by atoms with Gasteiger partial charge in [-0.1, -0.05) is 44.9 Å². The summed E-state index contributed by atoms with van der Waals surface area (Å²) in [6.07, 6.45) is 3.61. The summed E-state index contributed by atoms with van der Waals surface area (Å²) >= 11 is 0. The first kappa shape index (κ1) is 39.7. The second-order valence-electron chi connectivity index (χ2n) is 14.4. The molecule has 2 saturated heterocycles. The molecule has 0 aromatic carbocycles. The lowest BCUT2D eigenvalue weighted by Crippen LogP contribution is -2.63. The van der Waals surface area contributed by atoms with E-state index < -0.39 is 66.8 Å². The number of likely N-dealkylation sites (tertiary alicyclic amines) is 1. The van der Waals surface area contributed by atoms with Crippen LogP contribution in [0.3, 0.4) is 0 Å². The number of carbonyl (C=O) groups is 2. The lowest BCUT2D eigenvalue weighted by molar-refractivity contribution is -0.304. The van der Waals surface area contributed by atoms with Gasteiger partial charge in [-0.15, -0.1) is 0 Å². The highest BCUT2D eigenvalue weighted by Gasteiger charge is 2.47. The summed E-state index contributed by atoms with van der Waals surface area (Å²) in [5.74, 6) is -2.29. The largest absolute Gasteiger partial charge is 0.462 e. The molecule has 12 atom stereocenters. The lowest BCUT2D eigenvalue weighted by atomic mass is 9.79. The maximum absolute atomic E-state index is 13.5. The molecule has 0 aromatic heterocycles. The van der Waals surface area contributed by atoms with Gasteiger partial charge in [-0.05, 0) is 91.7 Å². The third-order valence-electron chi connectivity index (χ3n) is 10.4. The molecule has 11 heteroatoms. The molecule has 4 N–H and O–H groups in total. The maximum Gasteiger partial charge on any atom is 0.308 e. The van der Waals surface area contributed by atoms with Gasteiger partial charge in [0.2, 0.25) is 0 Å². The summed E-state index contributed by atoms with van der Waals surface area (Å²) < 4.78 is 18.5. The molecule has 0 saturated carbocycles. The van der Waals surface area contributed by atoms with Gasteiger partial charge in [0, 0.05) is 17.8 Å². The van der Waals surface area contributed by atoms with E-state index in [4.69, 9.17) is 14.2 Å². The third kappa shape index (κ3) is 11.2. The van der Waals surface area contributed by atoms with E-state index in [2.05, 4.69) is 4.90 Å². The van der Waals surface area contributed by atoms with Gasteiger partial charge in [0.05, 0.1) is 43.5 Å². The van der Waals surface area contributed by atoms with Gasteiger partial charge in [0.25, 0.3) is 0 Å². The van der Waals surface area contributed by atoms with E-state index in [-0.39, 0.29) is 30.6 Å². The first-order valence-electron chi connectivity index (χ1n) is 17.7. The second-order valence-corrected chi connectivity index (χ2v) is 14.4. The molecule has 0 aliphatic carbocycles. The molecule has 0 aromatic rings. The van der Waals surface area contributed by atoms with Crippen molar-refractivity contribution in [2.75, 3.05) is 40.3 Å². The molecule has 1 unspecified atom stereocenters. The van der Waals surface area contributed by atoms with Crippen molar-refractivity contribution in [3.8, 4) is 0 Å². The van der Waals surface area contributed by atoms with Gasteiger partial charge < -0.3 is 44.4 Å². The number of carbonyl (C=O) groups excluding carboxylic acids is 2. The molecule has 3 aliphatic rings. The summed E-state index contributed by atoms with van der Waals surface area (Å²) in [6.45, 7) is 11.7. The molecule has 47 heavy (non-hydrogen) atoms. The van der Waals surface area contributed by atoms with E-state index in [1.807, 2.05) is 33.8 Å². The zero-order valence-electron chi connectivity index (χ0n) is 29.7. The fourth-order valence-electron chi connectivity index (χ4n) is 7.39. The van der Waals surface area contributed by atoms with Crippen LogP contribution < -0.4 is 0 Å². The summed E-state index contributed by atoms with van der Waals surface area (Å²) in [4.78, 5) is 30.9. The average Bonchev–Trinajstić information content (AvgIpc) is 3.04. The predicted molar refractivity (Wildman–Crippen MR) is 179 cm³/mol. The Hall–Kier alpha value is -1.70. The monoisotopic (exact) mass is 666 g/mol. The molecule has 3 aliphatic heterocycles. The number of allylic oxidation sites excluding steroid dienone is 3. The predicted octanol–water partition coefficient (Wildman–Crippen LogP) is 2.69. The lowest BCUT2D eigenvalue weighted by Gasteiger charge is -2.47. The topological polar surface area (TPSA) is 149 Å². The third-order valence-corrected chi connectivity index (χ3v) is 10.4. The Kier molecular flexibility index (Phi) is 16.0. The number of hydrogen-bond acceptors (Lipinski definition) is 11. The standard InChI is InChI=1S/C36H62N2O9/c1-8-30-27(21-39)18-22(2)12-13-28(40)23(3)19-26(14-17-38-15-10-9-11-16-38)35(24(4)29(41)20-31(42)46-30)47-36-34(44)32(37(6)7)33(43)25(5)45-36/h12-13,18,23-27,29-30,32-36,39,41,43-44H,8-11,14-17,19-21H2,1-7H3/b13-12+,22-18+/t23-,24+,25-,26+,27?,29-,30-,32+,33-,34-,35-,36+/m1/s1. The van der Waals surface area contributed by atoms with Crippen LogP contribution in [0.1, 0.15) is 79.6 Å². The SMILES string of the molecule is CC[C@H]1OC(=O)C[C@@H](O)[C@H](C)[C@@H](O[C@@H]2O[C@H](C)[C@@H](O)[C@H](N(C)C)[C@H]2O)[C@@H](CCN2CCCCC2)C[C@@H](C)C(=O)/C=C/C(C)=C/C1CO. The number of rotatable bonds is 8. The van der Waals surface area contributed by atoms with Crippen LogP contribution in [0.15, 0.2) is 23.8 Å². The Labute approximate surface area is 281 Å². The van der Waals surface area contributed by atoms with Gasteiger partial charge in [-0.2, -0.15) is 0 Å². The first-order valence-corrected chi connectivity index (χ1v) is 17.7. The zero-order chi connectivity index (χ0) is 34.8. The number of aliphatic hydroxyl groups is 4. The molecule has 0 spiro atoms. The summed E-state index contributed by atoms with van der Waals surface area (Å²) in [6, 6.07) is -0.649. The van der Waals surface area contributed by atoms with Crippen LogP contribution in [-0.4, -0.2) is 131 Å². The molecule has 0 bridgehead atoms. The van der Waals surface area contributed by atoms with E-state index in [0.717, 1.165) is 38.0 Å². The number of hydrogen-bond donors (Lipinski definition) is 4. The van der Waals surface area contributed by atoms with Crippen LogP contribution in [-0.2, 0) is 23.8 Å². The van der Waals surface area contributed by atoms with Crippen molar-refractivity contribution in [1.29, 1.82) is 0 Å². The molecule has 3 rings (SSSR count). The number of aliphatic hydroxyl groups excluding tert-OH is 4. The highest BCUT2D eigenvalue weighted by Crippen LogP contribution is 2.35. The fourth-order valence-corrected chi connectivity index (χ4v) is 7.39. The van der Waals surface area contributed by atoms with E-state index in [9.17, 15) is 30.0 Å². The Bertz CT molecular complexity index is 1050. The molecule has 3 heterocycles. The van der Waals surface area contributed by atoms with Crippen LogP contribution in [0.4, 0.5) is 0 Å². The number of piperidine rings is 1. The highest BCUT2D eigenvalue weighted by molar-refractivity contribution is 5.91. The molecule has 11 nitrogen and oxygen atoms in total. The minimum absolute atomic E-state index is 0.0443. The minimum atomic E-state index is -1.19. The van der Waals surface area contributed by atoms with Crippen LogP contribution in [0.5, 0.6) is 0 Å². The van der Waals surface area contributed by atoms with Gasteiger partial charge in [-0.3, -0.25) is 9.59 Å². The molecular weight excluding hydrogens is 604 g/mol. The summed E-state index contributed by atoms with van der Waals surface area (Å²) in [5, 5.41) is 43.9. The van der Waals surface area contributed by atoms with Gasteiger partial charge >= 0.3 is 5.97 Å². The van der Waals surface area contributed by atoms with Gasteiger partial charge in [0.1, 0.15) is 12.2 Å². The molecule has 270 valence electrons. The quantitative estimate of drug-likeness (QED) is 0.284. The van der Waals surface area contributed by atoms with Crippen LogP contribution in [0.2, 0.25) is 0 Å². The summed E-state index contributed by atoms with van der Waals surface area (Å²) in [5.41, 5.74) is 0.776. The van der Waals surface area contributed by atoms with E-state index in [1.54, 1.807) is 38.1 Å². The van der Waals surface area contributed by atoms with Gasteiger partial charge in [0.15, 0.2) is 12.1 Å². The Morgan fingerprint density at radius 3 is 2.32 bits per heavy atom. The number of ether oxygens (including phenoxy) is 3. The van der Waals surface area contributed by atoms with Crippen molar-refractivity contribution in [2.24, 2.45) is 23.7 Å². The Balaban J connectivity index is 2.02. The highest BCUT2D eigenvalue weighted by atomic mass is 16.7. The molecule has 0 amide bonds. The van der Waals surface area contributed by atoms with Crippen molar-refractivity contribution in [1.82, 2.24) is 9.80 Å². The maximum atomic E-state index is 13.5. The van der Waals surface area contributed by atoms with E-state index >= 15 is 0 Å². The van der Waals surface area contributed by atoms with Crippen LogP contribution >= 0.6 is 0 Å². The van der Waals surface area contributed by atoms with Crippen molar-refractivity contribution in [3.05, 3.63) is 23.8 Å². The van der Waals surface area contributed by atoms with Crippen molar-refractivity contribution in [3.63, 3.8) is 0 Å². The molecule has 2 fully saturated rings. The Morgan fingerprint density at radius 1 is 1.02 bits per heavy atom. The first-order chi connectivity index (χ1) is 22.3. The molecular formula is C36H62N2O9.